The fourth-order valence-electron chi connectivity index (χ4n) is 3.91. The fourth-order valence-corrected chi connectivity index (χ4v) is 4.02. The van der Waals surface area contributed by atoms with Crippen molar-refractivity contribution in [1.29, 1.82) is 0 Å². The van der Waals surface area contributed by atoms with Gasteiger partial charge < -0.3 is 14.0 Å². The van der Waals surface area contributed by atoms with E-state index in [1.807, 2.05) is 32.0 Å². The fraction of sp³-hybridized carbons (Fsp3) is 0.435. The molecule has 5 heteroatoms. The van der Waals surface area contributed by atoms with E-state index in [2.05, 4.69) is 22.8 Å². The van der Waals surface area contributed by atoms with Gasteiger partial charge in [-0.2, -0.15) is 0 Å². The van der Waals surface area contributed by atoms with Crippen LogP contribution in [0.2, 0.25) is 5.02 Å². The number of aryl methyl sites for hydroxylation is 3. The largest absolute Gasteiger partial charge is 0.494 e. The highest BCUT2D eigenvalue weighted by atomic mass is 35.5. The first-order valence-electron chi connectivity index (χ1n) is 10.1. The molecule has 2 aromatic carbocycles. The monoisotopic (exact) mass is 398 g/mol. The number of hydrogen-bond donors (Lipinski definition) is 0. The number of ether oxygens (including phenoxy) is 2. The van der Waals surface area contributed by atoms with Crippen LogP contribution in [0.3, 0.4) is 0 Å². The molecule has 28 heavy (non-hydrogen) atoms. The molecule has 148 valence electrons. The number of benzene rings is 2. The van der Waals surface area contributed by atoms with E-state index in [0.717, 1.165) is 72.1 Å². The van der Waals surface area contributed by atoms with Crippen LogP contribution in [0.1, 0.15) is 48.7 Å². The molecule has 1 aliphatic heterocycles. The van der Waals surface area contributed by atoms with Gasteiger partial charge in [-0.1, -0.05) is 23.7 Å². The summed E-state index contributed by atoms with van der Waals surface area (Å²) in [4.78, 5) is 4.86. The number of nitrogens with zero attached hydrogens (tertiary/aromatic N) is 2. The van der Waals surface area contributed by atoms with Gasteiger partial charge in [0.1, 0.15) is 17.7 Å². The van der Waals surface area contributed by atoms with Gasteiger partial charge in [0.2, 0.25) is 0 Å². The molecule has 1 saturated heterocycles. The van der Waals surface area contributed by atoms with Crippen LogP contribution >= 0.6 is 11.6 Å². The van der Waals surface area contributed by atoms with E-state index in [1.54, 1.807) is 0 Å². The van der Waals surface area contributed by atoms with E-state index in [4.69, 9.17) is 26.1 Å². The Morgan fingerprint density at radius 1 is 1.18 bits per heavy atom. The molecule has 0 saturated carbocycles. The van der Waals surface area contributed by atoms with Crippen LogP contribution < -0.4 is 4.74 Å². The Hall–Kier alpha value is -2.04. The lowest BCUT2D eigenvalue weighted by atomic mass is 10.1. The Kier molecular flexibility index (Phi) is 5.88. The molecule has 0 amide bonds. The van der Waals surface area contributed by atoms with Crippen LogP contribution in [0.5, 0.6) is 5.75 Å². The smallest absolute Gasteiger partial charge is 0.139 e. The first-order chi connectivity index (χ1) is 13.6. The minimum Gasteiger partial charge on any atom is -0.494 e. The van der Waals surface area contributed by atoms with Crippen molar-refractivity contribution in [3.63, 3.8) is 0 Å². The zero-order valence-electron chi connectivity index (χ0n) is 16.6. The summed E-state index contributed by atoms with van der Waals surface area (Å²) in [5, 5.41) is 0.820. The van der Waals surface area contributed by atoms with Crippen molar-refractivity contribution in [2.24, 2.45) is 0 Å². The number of unbranched alkanes of at least 4 members (excludes halogenated alkanes) is 1. The van der Waals surface area contributed by atoms with Gasteiger partial charge in [-0.05, 0) is 74.9 Å². The van der Waals surface area contributed by atoms with Gasteiger partial charge in [-0.3, -0.25) is 0 Å². The summed E-state index contributed by atoms with van der Waals surface area (Å²) < 4.78 is 14.2. The molecule has 1 atom stereocenters. The second-order valence-electron chi connectivity index (χ2n) is 7.54. The van der Waals surface area contributed by atoms with Crippen LogP contribution in [0, 0.1) is 13.8 Å². The first-order valence-corrected chi connectivity index (χ1v) is 10.5. The Labute approximate surface area is 171 Å². The van der Waals surface area contributed by atoms with Crippen molar-refractivity contribution in [3.8, 4) is 5.75 Å². The summed E-state index contributed by atoms with van der Waals surface area (Å²) in [6.45, 7) is 6.49. The van der Waals surface area contributed by atoms with Crippen LogP contribution in [0.15, 0.2) is 36.4 Å². The topological polar surface area (TPSA) is 36.3 Å². The van der Waals surface area contributed by atoms with Gasteiger partial charge in [0.25, 0.3) is 0 Å². The van der Waals surface area contributed by atoms with E-state index in [-0.39, 0.29) is 6.10 Å². The third-order valence-electron chi connectivity index (χ3n) is 5.36. The zero-order chi connectivity index (χ0) is 19.5. The Bertz CT molecular complexity index is 937. The van der Waals surface area contributed by atoms with Crippen molar-refractivity contribution in [2.75, 3.05) is 13.2 Å². The summed E-state index contributed by atoms with van der Waals surface area (Å²) in [7, 11) is 0. The van der Waals surface area contributed by atoms with Crippen LogP contribution in [-0.2, 0) is 11.3 Å². The molecule has 0 radical (unpaired) electrons. The highest BCUT2D eigenvalue weighted by molar-refractivity contribution is 6.32. The predicted molar refractivity (Wildman–Crippen MR) is 113 cm³/mol. The molecule has 0 aliphatic carbocycles. The average Bonchev–Trinajstić information content (AvgIpc) is 3.33. The number of imidazole rings is 1. The zero-order valence-corrected chi connectivity index (χ0v) is 17.3. The van der Waals surface area contributed by atoms with E-state index < -0.39 is 0 Å². The Morgan fingerprint density at radius 2 is 1.96 bits per heavy atom. The molecule has 1 aromatic heterocycles. The van der Waals surface area contributed by atoms with Gasteiger partial charge in [0, 0.05) is 18.2 Å². The molecule has 1 aliphatic rings. The first kappa shape index (κ1) is 19.3. The normalized spacial score (nSPS) is 16.8. The van der Waals surface area contributed by atoms with Crippen LogP contribution in [0.4, 0.5) is 0 Å². The van der Waals surface area contributed by atoms with E-state index in [1.165, 1.54) is 5.52 Å². The lowest BCUT2D eigenvalue weighted by molar-refractivity contribution is 0.102. The van der Waals surface area contributed by atoms with Gasteiger partial charge in [0.05, 0.1) is 17.6 Å². The number of halogens is 1. The number of fused-ring (bicyclic) bond motifs is 1. The highest BCUT2D eigenvalue weighted by Crippen LogP contribution is 2.31. The third kappa shape index (κ3) is 4.03. The molecule has 0 spiro atoms. The quantitative estimate of drug-likeness (QED) is 0.457. The van der Waals surface area contributed by atoms with Gasteiger partial charge in [0.15, 0.2) is 0 Å². The number of rotatable bonds is 7. The summed E-state index contributed by atoms with van der Waals surface area (Å²) in [5.74, 6) is 1.97. The molecular formula is C23H27ClN2O2. The van der Waals surface area contributed by atoms with Gasteiger partial charge in [-0.15, -0.1) is 0 Å². The molecule has 0 bridgehead atoms. The standard InChI is InChI=1S/C23H27ClN2O2/c1-16-14-18(15-17(2)22(16)24)27-12-6-5-11-26-20-9-4-3-8-19(20)25-23(26)21-10-7-13-28-21/h3-4,8-9,14-15,21H,5-7,10-13H2,1-2H3. The molecule has 4 rings (SSSR count). The summed E-state index contributed by atoms with van der Waals surface area (Å²) >= 11 is 6.23. The number of aromatic nitrogens is 2. The van der Waals surface area contributed by atoms with E-state index in [0.29, 0.717) is 6.61 Å². The van der Waals surface area contributed by atoms with Crippen LogP contribution in [0.25, 0.3) is 11.0 Å². The molecule has 0 N–H and O–H groups in total. The van der Waals surface area contributed by atoms with Crippen molar-refractivity contribution in [3.05, 3.63) is 58.4 Å². The lowest BCUT2D eigenvalue weighted by Crippen LogP contribution is -2.10. The highest BCUT2D eigenvalue weighted by Gasteiger charge is 2.24. The second kappa shape index (κ2) is 8.54. The number of para-hydroxylation sites is 2. The average molecular weight is 399 g/mol. The maximum absolute atomic E-state index is 6.23. The summed E-state index contributed by atoms with van der Waals surface area (Å²) in [5.41, 5.74) is 4.36. The van der Waals surface area contributed by atoms with Crippen molar-refractivity contribution >= 4 is 22.6 Å². The molecular weight excluding hydrogens is 372 g/mol. The van der Waals surface area contributed by atoms with Crippen molar-refractivity contribution < 1.29 is 9.47 Å². The van der Waals surface area contributed by atoms with Gasteiger partial charge in [-0.25, -0.2) is 4.98 Å². The maximum atomic E-state index is 6.23. The SMILES string of the molecule is Cc1cc(OCCCCn2c(C3CCCO3)nc3ccccc32)cc(C)c1Cl. The predicted octanol–water partition coefficient (Wildman–Crippen LogP) is 6.02. The third-order valence-corrected chi connectivity index (χ3v) is 5.95. The molecule has 3 aromatic rings. The van der Waals surface area contributed by atoms with Crippen molar-refractivity contribution in [2.45, 2.75) is 52.2 Å². The number of hydrogen-bond acceptors (Lipinski definition) is 3. The summed E-state index contributed by atoms with van der Waals surface area (Å²) in [6, 6.07) is 12.4. The summed E-state index contributed by atoms with van der Waals surface area (Å²) in [6.07, 6.45) is 4.32. The van der Waals surface area contributed by atoms with E-state index >= 15 is 0 Å². The second-order valence-corrected chi connectivity index (χ2v) is 7.92. The minimum absolute atomic E-state index is 0.128. The van der Waals surface area contributed by atoms with Gasteiger partial charge >= 0.3 is 0 Å². The van der Waals surface area contributed by atoms with Crippen molar-refractivity contribution in [1.82, 2.24) is 9.55 Å². The maximum Gasteiger partial charge on any atom is 0.139 e. The minimum atomic E-state index is 0.128. The molecule has 2 heterocycles. The Morgan fingerprint density at radius 3 is 2.71 bits per heavy atom. The molecule has 1 fully saturated rings. The lowest BCUT2D eigenvalue weighted by Gasteiger charge is -2.14. The molecule has 4 nitrogen and oxygen atoms in total. The molecule has 1 unspecified atom stereocenters. The van der Waals surface area contributed by atoms with Crippen LogP contribution in [-0.4, -0.2) is 22.8 Å². The Balaban J connectivity index is 1.38. The van der Waals surface area contributed by atoms with E-state index in [9.17, 15) is 0 Å².